The lowest BCUT2D eigenvalue weighted by Crippen LogP contribution is -2.41. The molecule has 3 N–H and O–H groups in total. The summed E-state index contributed by atoms with van der Waals surface area (Å²) in [4.78, 5) is 31.6. The number of hydrogen-bond donors (Lipinski definition) is 2. The lowest BCUT2D eigenvalue weighted by atomic mass is 9.95. The molecule has 2 atom stereocenters. The van der Waals surface area contributed by atoms with Crippen molar-refractivity contribution in [2.45, 2.75) is 37.6 Å². The molecule has 3 aromatic rings. The smallest absolute Gasteiger partial charge is 0.240 e. The number of nitrogens with two attached hydrogens (primary N) is 1. The highest BCUT2D eigenvalue weighted by Crippen LogP contribution is 2.42. The molecule has 1 aliphatic carbocycles. The molecule has 4 heterocycles. The molecule has 2 unspecified atom stereocenters. The van der Waals surface area contributed by atoms with Gasteiger partial charge in [0.15, 0.2) is 0 Å². The third-order valence-corrected chi connectivity index (χ3v) is 5.93. The van der Waals surface area contributed by atoms with Gasteiger partial charge < -0.3 is 16.0 Å². The largest absolute Gasteiger partial charge is 0.368 e. The number of hydrogen-bond acceptors (Lipinski definition) is 7. The van der Waals surface area contributed by atoms with E-state index in [9.17, 15) is 9.18 Å². The van der Waals surface area contributed by atoms with Crippen LogP contribution in [0, 0.1) is 5.95 Å². The maximum Gasteiger partial charge on any atom is 0.240 e. The van der Waals surface area contributed by atoms with Crippen LogP contribution in [0.1, 0.15) is 42.0 Å². The zero-order valence-electron chi connectivity index (χ0n) is 16.8. The van der Waals surface area contributed by atoms with E-state index < -0.39 is 12.0 Å². The molecule has 1 fully saturated rings. The van der Waals surface area contributed by atoms with Crippen LogP contribution >= 0.6 is 0 Å². The van der Waals surface area contributed by atoms with Gasteiger partial charge in [0.25, 0.3) is 0 Å². The molecule has 1 aliphatic heterocycles. The Bertz CT molecular complexity index is 1110. The van der Waals surface area contributed by atoms with E-state index in [0.29, 0.717) is 30.5 Å². The molecule has 0 radical (unpaired) electrons. The Hall–Kier alpha value is -3.62. The summed E-state index contributed by atoms with van der Waals surface area (Å²) < 4.78 is 13.4. The quantitative estimate of drug-likeness (QED) is 0.612. The van der Waals surface area contributed by atoms with E-state index >= 15 is 0 Å². The Morgan fingerprint density at radius 1 is 1.16 bits per heavy atom. The number of aryl methyl sites for hydroxylation is 1. The maximum atomic E-state index is 13.4. The molecule has 9 heteroatoms. The van der Waals surface area contributed by atoms with Gasteiger partial charge in [0.1, 0.15) is 17.7 Å². The molecule has 31 heavy (non-hydrogen) atoms. The van der Waals surface area contributed by atoms with Gasteiger partial charge in [-0.05, 0) is 49.4 Å². The zero-order chi connectivity index (χ0) is 21.4. The summed E-state index contributed by atoms with van der Waals surface area (Å²) in [6.07, 6.45) is 6.39. The Morgan fingerprint density at radius 2 is 2.06 bits per heavy atom. The number of carbonyl (C=O) groups excluding carboxylic acids is 1. The lowest BCUT2D eigenvalue weighted by Gasteiger charge is -2.24. The fourth-order valence-electron chi connectivity index (χ4n) is 4.50. The van der Waals surface area contributed by atoms with E-state index in [-0.39, 0.29) is 11.8 Å². The van der Waals surface area contributed by atoms with Crippen molar-refractivity contribution < 1.29 is 9.18 Å². The Kier molecular flexibility index (Phi) is 4.93. The van der Waals surface area contributed by atoms with Crippen molar-refractivity contribution in [2.24, 2.45) is 5.73 Å². The van der Waals surface area contributed by atoms with E-state index in [2.05, 4.69) is 15.3 Å². The number of primary amides is 1. The van der Waals surface area contributed by atoms with Gasteiger partial charge in [-0.3, -0.25) is 4.79 Å². The second-order valence-electron chi connectivity index (χ2n) is 7.83. The molecule has 1 saturated heterocycles. The first kappa shape index (κ1) is 19.3. The number of halogens is 1. The van der Waals surface area contributed by atoms with Gasteiger partial charge in [-0.2, -0.15) is 9.37 Å². The summed E-state index contributed by atoms with van der Waals surface area (Å²) in [6.45, 7) is 0.681. The lowest BCUT2D eigenvalue weighted by molar-refractivity contribution is -0.119. The Balaban J connectivity index is 1.59. The number of rotatable bonds is 5. The van der Waals surface area contributed by atoms with Gasteiger partial charge in [0, 0.05) is 30.4 Å². The number of carbonyl (C=O) groups is 1. The fourth-order valence-corrected chi connectivity index (χ4v) is 4.50. The van der Waals surface area contributed by atoms with Crippen molar-refractivity contribution in [1.82, 2.24) is 19.9 Å². The average Bonchev–Trinajstić information content (AvgIpc) is 3.43. The maximum absolute atomic E-state index is 13.4. The SMILES string of the molecule is NC(=O)C1CCCN1c1nc2c(c(Nc3ccccn3)n1)C(c1ccc(F)nc1)CC2. The summed E-state index contributed by atoms with van der Waals surface area (Å²) >= 11 is 0. The second-order valence-corrected chi connectivity index (χ2v) is 7.83. The summed E-state index contributed by atoms with van der Waals surface area (Å²) in [5, 5.41) is 3.32. The molecule has 158 valence electrons. The number of nitrogens with one attached hydrogen (secondary N) is 1. The van der Waals surface area contributed by atoms with E-state index in [1.165, 1.54) is 6.07 Å². The zero-order valence-corrected chi connectivity index (χ0v) is 16.8. The first-order chi connectivity index (χ1) is 15.1. The van der Waals surface area contributed by atoms with Gasteiger partial charge in [-0.15, -0.1) is 0 Å². The molecule has 0 saturated carbocycles. The highest BCUT2D eigenvalue weighted by atomic mass is 19.1. The van der Waals surface area contributed by atoms with Crippen LogP contribution in [-0.4, -0.2) is 38.4 Å². The predicted molar refractivity (Wildman–Crippen MR) is 113 cm³/mol. The Morgan fingerprint density at radius 3 is 2.81 bits per heavy atom. The van der Waals surface area contributed by atoms with Gasteiger partial charge >= 0.3 is 0 Å². The minimum Gasteiger partial charge on any atom is -0.368 e. The molecule has 2 aliphatic rings. The van der Waals surface area contributed by atoms with Crippen LogP contribution in [0.2, 0.25) is 0 Å². The average molecular weight is 419 g/mol. The van der Waals surface area contributed by atoms with E-state index in [1.807, 2.05) is 23.1 Å². The minimum atomic E-state index is -0.507. The third kappa shape index (κ3) is 3.67. The number of aromatic nitrogens is 4. The molecule has 8 nitrogen and oxygen atoms in total. The van der Waals surface area contributed by atoms with E-state index in [0.717, 1.165) is 36.1 Å². The Labute approximate surface area is 178 Å². The predicted octanol–water partition coefficient (Wildman–Crippen LogP) is 2.68. The van der Waals surface area contributed by atoms with Crippen molar-refractivity contribution in [3.63, 3.8) is 0 Å². The number of fused-ring (bicyclic) bond motifs is 1. The summed E-state index contributed by atoms with van der Waals surface area (Å²) in [5.41, 5.74) is 8.39. The number of amides is 1. The van der Waals surface area contributed by atoms with E-state index in [1.54, 1.807) is 18.5 Å². The van der Waals surface area contributed by atoms with Crippen LogP contribution in [0.5, 0.6) is 0 Å². The molecule has 0 bridgehead atoms. The highest BCUT2D eigenvalue weighted by Gasteiger charge is 2.35. The van der Waals surface area contributed by atoms with E-state index in [4.69, 9.17) is 15.7 Å². The van der Waals surface area contributed by atoms with Crippen LogP contribution in [0.4, 0.5) is 22.0 Å². The van der Waals surface area contributed by atoms with Crippen LogP contribution in [-0.2, 0) is 11.2 Å². The molecule has 5 rings (SSSR count). The highest BCUT2D eigenvalue weighted by molar-refractivity contribution is 5.83. The second kappa shape index (κ2) is 7.90. The number of anilines is 3. The standard InChI is InChI=1S/C22H22FN7O/c23-17-9-6-13(12-26-17)14-7-8-15-19(14)21(28-18-5-1-2-10-25-18)29-22(27-15)30-11-3-4-16(30)20(24)31/h1-2,5-6,9-10,12,14,16H,3-4,7-8,11H2,(H2,24,31)(H,25,27,28,29). The van der Waals surface area contributed by atoms with Crippen LogP contribution in [0.25, 0.3) is 0 Å². The van der Waals surface area contributed by atoms with Gasteiger partial charge in [-0.25, -0.2) is 15.0 Å². The molecule has 1 amide bonds. The topological polar surface area (TPSA) is 110 Å². The van der Waals surface area contributed by atoms with Crippen molar-refractivity contribution in [3.05, 3.63) is 65.5 Å². The first-order valence-corrected chi connectivity index (χ1v) is 10.4. The van der Waals surface area contributed by atoms with Crippen molar-refractivity contribution in [2.75, 3.05) is 16.8 Å². The third-order valence-electron chi connectivity index (χ3n) is 5.93. The van der Waals surface area contributed by atoms with Crippen LogP contribution < -0.4 is 16.0 Å². The molecule has 0 aromatic carbocycles. The van der Waals surface area contributed by atoms with Crippen LogP contribution in [0.3, 0.4) is 0 Å². The normalized spacial score (nSPS) is 20.0. The van der Waals surface area contributed by atoms with Crippen molar-refractivity contribution >= 4 is 23.5 Å². The first-order valence-electron chi connectivity index (χ1n) is 10.4. The molecule has 0 spiro atoms. The summed E-state index contributed by atoms with van der Waals surface area (Å²) in [5.74, 6) is 0.916. The van der Waals surface area contributed by atoms with Crippen molar-refractivity contribution in [3.8, 4) is 0 Å². The molecule has 3 aromatic heterocycles. The van der Waals surface area contributed by atoms with Gasteiger partial charge in [0.2, 0.25) is 17.8 Å². The number of nitrogens with zero attached hydrogens (tertiary/aromatic N) is 5. The molecular formula is C22H22FN7O. The van der Waals surface area contributed by atoms with Crippen molar-refractivity contribution in [1.29, 1.82) is 0 Å². The molecular weight excluding hydrogens is 397 g/mol. The fraction of sp³-hybridized carbons (Fsp3) is 0.318. The van der Waals surface area contributed by atoms with Gasteiger partial charge in [-0.1, -0.05) is 12.1 Å². The monoisotopic (exact) mass is 419 g/mol. The summed E-state index contributed by atoms with van der Waals surface area (Å²) in [6, 6.07) is 8.32. The summed E-state index contributed by atoms with van der Waals surface area (Å²) in [7, 11) is 0. The minimum absolute atomic E-state index is 0.00567. The van der Waals surface area contributed by atoms with Crippen LogP contribution in [0.15, 0.2) is 42.7 Å². The number of pyridine rings is 2. The van der Waals surface area contributed by atoms with Gasteiger partial charge in [0.05, 0.1) is 5.69 Å².